The van der Waals surface area contributed by atoms with E-state index < -0.39 is 23.4 Å². The van der Waals surface area contributed by atoms with E-state index in [2.05, 4.69) is 26.6 Å². The molecule has 2 heterocycles. The number of nitrogens with one attached hydrogen (secondary N) is 2. The molecule has 2 atom stereocenters. The van der Waals surface area contributed by atoms with Crippen molar-refractivity contribution in [3.63, 3.8) is 0 Å². The Morgan fingerprint density at radius 3 is 2.82 bits per heavy atom. The first-order chi connectivity index (χ1) is 13.2. The van der Waals surface area contributed by atoms with Crippen molar-refractivity contribution < 1.29 is 24.2 Å². The van der Waals surface area contributed by atoms with Crippen molar-refractivity contribution in [3.8, 4) is 0 Å². The largest absolute Gasteiger partial charge is 0.481 e. The van der Waals surface area contributed by atoms with Gasteiger partial charge in [0.25, 0.3) is 5.91 Å². The van der Waals surface area contributed by atoms with Gasteiger partial charge in [0.15, 0.2) is 0 Å². The van der Waals surface area contributed by atoms with Gasteiger partial charge in [-0.15, -0.1) is 0 Å². The molecule has 8 heteroatoms. The highest BCUT2D eigenvalue weighted by Gasteiger charge is 2.43. The summed E-state index contributed by atoms with van der Waals surface area (Å²) in [5.74, 6) is -1.61. The van der Waals surface area contributed by atoms with E-state index in [1.807, 2.05) is 31.2 Å². The molecule has 0 aromatic heterocycles. The second-order valence-corrected chi connectivity index (χ2v) is 7.95. The number of allylic oxidation sites excluding steroid dienone is 1. The van der Waals surface area contributed by atoms with Crippen LogP contribution in [0.1, 0.15) is 32.3 Å². The second-order valence-electron chi connectivity index (χ2n) is 7.03. The zero-order valence-electron chi connectivity index (χ0n) is 15.5. The third kappa shape index (κ3) is 3.96. The molecule has 0 bridgehead atoms. The number of carboxylic acids is 1. The number of hydrogen-bond acceptors (Lipinski definition) is 5. The molecule has 148 valence electrons. The van der Waals surface area contributed by atoms with Gasteiger partial charge in [-0.1, -0.05) is 28.9 Å². The van der Waals surface area contributed by atoms with Crippen molar-refractivity contribution >= 4 is 45.0 Å². The SMILES string of the molecule is CCOC(=O)C1NC(/C=C2\C(=O)Nc3ccc(Br)cc32)=CC1(C)CCC(=O)O. The summed E-state index contributed by atoms with van der Waals surface area (Å²) < 4.78 is 6.00. The minimum atomic E-state index is -0.932. The van der Waals surface area contributed by atoms with Gasteiger partial charge >= 0.3 is 11.9 Å². The van der Waals surface area contributed by atoms with E-state index in [9.17, 15) is 14.4 Å². The molecule has 28 heavy (non-hydrogen) atoms. The predicted octanol–water partition coefficient (Wildman–Crippen LogP) is 3.07. The molecule has 1 aromatic carbocycles. The topological polar surface area (TPSA) is 105 Å². The van der Waals surface area contributed by atoms with Crippen LogP contribution in [0, 0.1) is 5.41 Å². The van der Waals surface area contributed by atoms with Crippen LogP contribution in [0.3, 0.4) is 0 Å². The van der Waals surface area contributed by atoms with Crippen LogP contribution in [-0.2, 0) is 19.1 Å². The van der Waals surface area contributed by atoms with Gasteiger partial charge in [0, 0.05) is 33.3 Å². The molecule has 7 nitrogen and oxygen atoms in total. The summed E-state index contributed by atoms with van der Waals surface area (Å²) in [5, 5.41) is 15.0. The number of carboxylic acid groups (broad SMARTS) is 1. The van der Waals surface area contributed by atoms with Gasteiger partial charge in [0.2, 0.25) is 0 Å². The first-order valence-electron chi connectivity index (χ1n) is 8.94. The number of benzene rings is 1. The number of anilines is 1. The normalized spacial score (nSPS) is 24.4. The van der Waals surface area contributed by atoms with Gasteiger partial charge in [0.1, 0.15) is 6.04 Å². The Kier molecular flexibility index (Phi) is 5.60. The first kappa shape index (κ1) is 20.1. The maximum absolute atomic E-state index is 12.4. The third-order valence-corrected chi connectivity index (χ3v) is 5.41. The number of carbonyl (C=O) groups is 3. The molecule has 3 N–H and O–H groups in total. The monoisotopic (exact) mass is 448 g/mol. The van der Waals surface area contributed by atoms with Crippen LogP contribution in [0.2, 0.25) is 0 Å². The number of halogens is 1. The van der Waals surface area contributed by atoms with Crippen molar-refractivity contribution in [2.24, 2.45) is 5.41 Å². The molecule has 0 radical (unpaired) electrons. The molecule has 3 rings (SSSR count). The maximum Gasteiger partial charge on any atom is 0.329 e. The highest BCUT2D eigenvalue weighted by molar-refractivity contribution is 9.10. The third-order valence-electron chi connectivity index (χ3n) is 4.92. The Balaban J connectivity index is 1.95. The first-order valence-corrected chi connectivity index (χ1v) is 9.73. The van der Waals surface area contributed by atoms with Crippen molar-refractivity contribution in [1.29, 1.82) is 0 Å². The van der Waals surface area contributed by atoms with Crippen LogP contribution in [-0.4, -0.2) is 35.6 Å². The minimum Gasteiger partial charge on any atom is -0.481 e. The maximum atomic E-state index is 12.4. The van der Waals surface area contributed by atoms with Crippen molar-refractivity contribution in [2.45, 2.75) is 32.7 Å². The summed E-state index contributed by atoms with van der Waals surface area (Å²) in [5.41, 5.74) is 1.79. The molecule has 0 aliphatic carbocycles. The van der Waals surface area contributed by atoms with E-state index in [0.717, 1.165) is 10.0 Å². The number of aliphatic carboxylic acids is 1. The summed E-state index contributed by atoms with van der Waals surface area (Å²) in [4.78, 5) is 35.9. The molecule has 2 aliphatic rings. The zero-order valence-corrected chi connectivity index (χ0v) is 17.1. The van der Waals surface area contributed by atoms with Crippen LogP contribution in [0.4, 0.5) is 5.69 Å². The Labute approximate surface area is 171 Å². The lowest BCUT2D eigenvalue weighted by Gasteiger charge is -2.28. The van der Waals surface area contributed by atoms with E-state index in [0.29, 0.717) is 17.0 Å². The van der Waals surface area contributed by atoms with Gasteiger partial charge in [-0.25, -0.2) is 4.79 Å². The molecule has 0 saturated carbocycles. The number of rotatable bonds is 6. The number of hydrogen-bond donors (Lipinski definition) is 3. The van der Waals surface area contributed by atoms with E-state index in [-0.39, 0.29) is 25.4 Å². The van der Waals surface area contributed by atoms with Gasteiger partial charge in [-0.3, -0.25) is 9.59 Å². The summed E-state index contributed by atoms with van der Waals surface area (Å²) in [6, 6.07) is 4.79. The van der Waals surface area contributed by atoms with E-state index >= 15 is 0 Å². The molecular weight excluding hydrogens is 428 g/mol. The van der Waals surface area contributed by atoms with E-state index in [4.69, 9.17) is 9.84 Å². The van der Waals surface area contributed by atoms with Crippen LogP contribution < -0.4 is 10.6 Å². The lowest BCUT2D eigenvalue weighted by Crippen LogP contribution is -2.44. The molecule has 0 fully saturated rings. The summed E-state index contributed by atoms with van der Waals surface area (Å²) in [6.45, 7) is 3.76. The Hall–Kier alpha value is -2.61. The average Bonchev–Trinajstić information content (AvgIpc) is 3.11. The quantitative estimate of drug-likeness (QED) is 0.456. The number of fused-ring (bicyclic) bond motifs is 1. The van der Waals surface area contributed by atoms with Crippen molar-refractivity contribution in [1.82, 2.24) is 5.32 Å². The number of amides is 1. The van der Waals surface area contributed by atoms with Gasteiger partial charge in [-0.05, 0) is 37.6 Å². The fourth-order valence-corrected chi connectivity index (χ4v) is 3.86. The summed E-state index contributed by atoms with van der Waals surface area (Å²) >= 11 is 3.41. The predicted molar refractivity (Wildman–Crippen MR) is 107 cm³/mol. The van der Waals surface area contributed by atoms with Gasteiger partial charge < -0.3 is 20.5 Å². The standard InChI is InChI=1S/C20H21BrN2O5/c1-3-28-19(27)17-20(2,7-6-16(24)25)10-12(22-17)9-14-13-8-11(21)4-5-15(13)23-18(14)26/h4-5,8-10,17,22H,3,6-7H2,1-2H3,(H,23,26)(H,24,25)/b14-9-. The molecule has 2 aliphatic heterocycles. The lowest BCUT2D eigenvalue weighted by molar-refractivity contribution is -0.148. The van der Waals surface area contributed by atoms with E-state index in [1.54, 1.807) is 13.0 Å². The molecular formula is C20H21BrN2O5. The number of esters is 1. The minimum absolute atomic E-state index is 0.0787. The smallest absolute Gasteiger partial charge is 0.329 e. The highest BCUT2D eigenvalue weighted by Crippen LogP contribution is 2.39. The van der Waals surface area contributed by atoms with Gasteiger partial charge in [-0.2, -0.15) is 0 Å². The second kappa shape index (κ2) is 7.79. The van der Waals surface area contributed by atoms with Crippen LogP contribution in [0.25, 0.3) is 5.57 Å². The molecule has 1 aromatic rings. The Morgan fingerprint density at radius 2 is 2.14 bits per heavy atom. The fraction of sp³-hybridized carbons (Fsp3) is 0.350. The van der Waals surface area contributed by atoms with Gasteiger partial charge in [0.05, 0.1) is 12.2 Å². The fourth-order valence-electron chi connectivity index (χ4n) is 3.50. The molecule has 2 unspecified atom stereocenters. The summed E-state index contributed by atoms with van der Waals surface area (Å²) in [7, 11) is 0. The van der Waals surface area contributed by atoms with Crippen LogP contribution in [0.5, 0.6) is 0 Å². The average molecular weight is 449 g/mol. The van der Waals surface area contributed by atoms with Crippen LogP contribution >= 0.6 is 15.9 Å². The number of ether oxygens (including phenoxy) is 1. The molecule has 1 amide bonds. The molecule has 0 spiro atoms. The zero-order chi connectivity index (χ0) is 20.5. The highest BCUT2D eigenvalue weighted by atomic mass is 79.9. The Morgan fingerprint density at radius 1 is 1.39 bits per heavy atom. The van der Waals surface area contributed by atoms with Crippen molar-refractivity contribution in [2.75, 3.05) is 11.9 Å². The van der Waals surface area contributed by atoms with Crippen molar-refractivity contribution in [3.05, 3.63) is 46.1 Å². The summed E-state index contributed by atoms with van der Waals surface area (Å²) in [6.07, 6.45) is 3.68. The lowest BCUT2D eigenvalue weighted by atomic mass is 9.80. The molecule has 0 saturated heterocycles. The Bertz CT molecular complexity index is 908. The number of carbonyl (C=O) groups excluding carboxylic acids is 2. The van der Waals surface area contributed by atoms with Crippen LogP contribution in [0.15, 0.2) is 40.5 Å². The van der Waals surface area contributed by atoms with E-state index in [1.165, 1.54) is 0 Å².